The first-order valence-electron chi connectivity index (χ1n) is 6.43. The van der Waals surface area contributed by atoms with E-state index < -0.39 is 10.0 Å². The number of sulfonamides is 1. The maximum absolute atomic E-state index is 12.6. The molecule has 0 bridgehead atoms. The van der Waals surface area contributed by atoms with Crippen molar-refractivity contribution in [3.63, 3.8) is 0 Å². The van der Waals surface area contributed by atoms with Gasteiger partial charge in [0.1, 0.15) is 10.6 Å². The zero-order chi connectivity index (χ0) is 16.8. The Bertz CT molecular complexity index is 630. The highest BCUT2D eigenvalue weighted by Crippen LogP contribution is 2.26. The lowest BCUT2D eigenvalue weighted by atomic mass is 10.3. The molecule has 0 atom stereocenters. The number of hydrogen-bond acceptors (Lipinski definition) is 6. The number of rotatable bonds is 8. The van der Waals surface area contributed by atoms with Crippen molar-refractivity contribution >= 4 is 21.6 Å². The van der Waals surface area contributed by atoms with Gasteiger partial charge in [-0.15, -0.1) is 11.8 Å². The van der Waals surface area contributed by atoms with Crippen LogP contribution in [-0.2, 0) is 14.8 Å². The topological polar surface area (TPSA) is 110 Å². The standard InChI is InChI=1S/C13H19N3O5S/c1-3-9-15(10-8-14-11(2)17)22(20,21)13-7-5-4-6-12(13)16(18)19/h3-7,18-19H,1,8-10H2,2H3,(H,14,17). The van der Waals surface area contributed by atoms with Crippen LogP contribution in [0.15, 0.2) is 41.8 Å². The van der Waals surface area contributed by atoms with E-state index in [1.165, 1.54) is 37.3 Å². The van der Waals surface area contributed by atoms with E-state index in [0.717, 1.165) is 4.31 Å². The van der Waals surface area contributed by atoms with Crippen LogP contribution >= 0.6 is 0 Å². The van der Waals surface area contributed by atoms with E-state index >= 15 is 0 Å². The van der Waals surface area contributed by atoms with Gasteiger partial charge in [-0.2, -0.15) is 4.31 Å². The fourth-order valence-corrected chi connectivity index (χ4v) is 3.37. The molecule has 0 spiro atoms. The molecular formula is C13H19N3O5S. The zero-order valence-corrected chi connectivity index (χ0v) is 13.0. The van der Waals surface area contributed by atoms with Gasteiger partial charge >= 0.3 is 0 Å². The first kappa shape index (κ1) is 18.1. The van der Waals surface area contributed by atoms with Crippen molar-refractivity contribution in [1.82, 2.24) is 9.62 Å². The second-order valence-corrected chi connectivity index (χ2v) is 6.30. The number of anilines is 1. The molecule has 0 fully saturated rings. The molecule has 0 aliphatic rings. The van der Waals surface area contributed by atoms with Crippen LogP contribution in [0.1, 0.15) is 6.92 Å². The number of carbonyl (C=O) groups is 1. The number of benzene rings is 1. The molecule has 0 aromatic heterocycles. The molecule has 122 valence electrons. The Morgan fingerprint density at radius 3 is 2.55 bits per heavy atom. The first-order valence-corrected chi connectivity index (χ1v) is 7.87. The molecule has 1 amide bonds. The average molecular weight is 329 g/mol. The highest BCUT2D eigenvalue weighted by Gasteiger charge is 2.27. The molecule has 0 unspecified atom stereocenters. The van der Waals surface area contributed by atoms with Gasteiger partial charge in [-0.05, 0) is 12.1 Å². The molecular weight excluding hydrogens is 310 g/mol. The van der Waals surface area contributed by atoms with Crippen molar-refractivity contribution in [3.05, 3.63) is 36.9 Å². The number of amides is 1. The van der Waals surface area contributed by atoms with Crippen LogP contribution in [0.2, 0.25) is 0 Å². The second-order valence-electron chi connectivity index (χ2n) is 4.39. The summed E-state index contributed by atoms with van der Waals surface area (Å²) in [6.45, 7) is 5.02. The molecule has 1 rings (SSSR count). The van der Waals surface area contributed by atoms with Gasteiger partial charge < -0.3 is 5.32 Å². The molecule has 1 aromatic carbocycles. The van der Waals surface area contributed by atoms with E-state index in [9.17, 15) is 13.2 Å². The largest absolute Gasteiger partial charge is 0.355 e. The number of nitrogens with one attached hydrogen (secondary N) is 1. The monoisotopic (exact) mass is 329 g/mol. The van der Waals surface area contributed by atoms with Crippen LogP contribution in [0.25, 0.3) is 0 Å². The van der Waals surface area contributed by atoms with Crippen LogP contribution in [0.4, 0.5) is 5.69 Å². The molecule has 0 saturated heterocycles. The fourth-order valence-electron chi connectivity index (χ4n) is 1.79. The average Bonchev–Trinajstić information content (AvgIpc) is 2.46. The Labute approximate surface area is 129 Å². The Morgan fingerprint density at radius 2 is 2.00 bits per heavy atom. The summed E-state index contributed by atoms with van der Waals surface area (Å²) in [6.07, 6.45) is 1.41. The summed E-state index contributed by atoms with van der Waals surface area (Å²) in [7, 11) is -3.99. The number of carbonyl (C=O) groups excluding carboxylic acids is 1. The SMILES string of the molecule is C=CCN(CCNC(C)=O)S(=O)(=O)c1ccccc1N(O)O. The fraction of sp³-hybridized carbons (Fsp3) is 0.308. The second kappa shape index (κ2) is 7.90. The van der Waals surface area contributed by atoms with Crippen molar-refractivity contribution in [2.24, 2.45) is 0 Å². The van der Waals surface area contributed by atoms with Crippen LogP contribution in [-0.4, -0.2) is 48.7 Å². The maximum atomic E-state index is 12.6. The van der Waals surface area contributed by atoms with Gasteiger partial charge in [-0.1, -0.05) is 18.2 Å². The summed E-state index contributed by atoms with van der Waals surface area (Å²) >= 11 is 0. The summed E-state index contributed by atoms with van der Waals surface area (Å²) in [5.74, 6) is -0.270. The van der Waals surface area contributed by atoms with E-state index in [1.807, 2.05) is 0 Å². The van der Waals surface area contributed by atoms with Gasteiger partial charge in [0.2, 0.25) is 15.9 Å². The minimum Gasteiger partial charge on any atom is -0.355 e. The van der Waals surface area contributed by atoms with E-state index in [1.54, 1.807) is 0 Å². The Morgan fingerprint density at radius 1 is 1.36 bits per heavy atom. The van der Waals surface area contributed by atoms with E-state index in [4.69, 9.17) is 10.4 Å². The van der Waals surface area contributed by atoms with Gasteiger partial charge in [-0.3, -0.25) is 15.2 Å². The smallest absolute Gasteiger partial charge is 0.245 e. The van der Waals surface area contributed by atoms with Gasteiger partial charge in [-0.25, -0.2) is 8.42 Å². The van der Waals surface area contributed by atoms with Crippen molar-refractivity contribution < 1.29 is 23.6 Å². The Hall–Kier alpha value is -1.94. The van der Waals surface area contributed by atoms with Gasteiger partial charge in [0.15, 0.2) is 0 Å². The molecule has 8 nitrogen and oxygen atoms in total. The van der Waals surface area contributed by atoms with Gasteiger partial charge in [0, 0.05) is 26.6 Å². The molecule has 22 heavy (non-hydrogen) atoms. The molecule has 0 aliphatic carbocycles. The lowest BCUT2D eigenvalue weighted by Gasteiger charge is -2.23. The van der Waals surface area contributed by atoms with Crippen LogP contribution in [0.3, 0.4) is 0 Å². The molecule has 0 saturated carbocycles. The summed E-state index contributed by atoms with van der Waals surface area (Å²) in [4.78, 5) is 10.6. The molecule has 1 aromatic rings. The van der Waals surface area contributed by atoms with Crippen molar-refractivity contribution in [2.45, 2.75) is 11.8 Å². The van der Waals surface area contributed by atoms with Crippen molar-refractivity contribution in [1.29, 1.82) is 0 Å². The third-order valence-corrected chi connectivity index (χ3v) is 4.68. The Kier molecular flexibility index (Phi) is 6.50. The minimum atomic E-state index is -3.99. The third kappa shape index (κ3) is 4.53. The van der Waals surface area contributed by atoms with E-state index in [2.05, 4.69) is 11.9 Å². The molecule has 0 radical (unpaired) electrons. The zero-order valence-electron chi connectivity index (χ0n) is 12.1. The molecule has 3 N–H and O–H groups in total. The quantitative estimate of drug-likeness (QED) is 0.475. The number of nitrogens with zero attached hydrogens (tertiary/aromatic N) is 2. The minimum absolute atomic E-state index is 0.0209. The summed E-state index contributed by atoms with van der Waals surface area (Å²) in [5.41, 5.74) is -0.268. The molecule has 0 aliphatic heterocycles. The third-order valence-electron chi connectivity index (χ3n) is 2.77. The van der Waals surface area contributed by atoms with Crippen LogP contribution in [0.5, 0.6) is 0 Å². The number of para-hydroxylation sites is 1. The lowest BCUT2D eigenvalue weighted by Crippen LogP contribution is -2.38. The van der Waals surface area contributed by atoms with Gasteiger partial charge in [0.05, 0.1) is 0 Å². The normalized spacial score (nSPS) is 11.3. The first-order chi connectivity index (χ1) is 10.3. The maximum Gasteiger partial charge on any atom is 0.245 e. The predicted octanol–water partition coefficient (Wildman–Crippen LogP) is 0.584. The highest BCUT2D eigenvalue weighted by atomic mass is 32.2. The van der Waals surface area contributed by atoms with Crippen LogP contribution < -0.4 is 10.5 Å². The van der Waals surface area contributed by atoms with E-state index in [0.29, 0.717) is 0 Å². The van der Waals surface area contributed by atoms with Crippen molar-refractivity contribution in [2.75, 3.05) is 24.9 Å². The molecule has 9 heteroatoms. The number of hydrogen-bond donors (Lipinski definition) is 3. The Balaban J connectivity index is 3.11. The van der Waals surface area contributed by atoms with Crippen LogP contribution in [0, 0.1) is 0 Å². The van der Waals surface area contributed by atoms with E-state index in [-0.39, 0.29) is 41.4 Å². The summed E-state index contributed by atoms with van der Waals surface area (Å²) < 4.78 is 26.4. The summed E-state index contributed by atoms with van der Waals surface area (Å²) in [6, 6.07) is 5.47. The predicted molar refractivity (Wildman–Crippen MR) is 80.1 cm³/mol. The lowest BCUT2D eigenvalue weighted by molar-refractivity contribution is -0.118. The molecule has 0 heterocycles. The van der Waals surface area contributed by atoms with Gasteiger partial charge in [0.25, 0.3) is 0 Å². The van der Waals surface area contributed by atoms with Crippen molar-refractivity contribution in [3.8, 4) is 0 Å². The highest BCUT2D eigenvalue weighted by molar-refractivity contribution is 7.89. The summed E-state index contributed by atoms with van der Waals surface area (Å²) in [5, 5.41) is 20.6.